The van der Waals surface area contributed by atoms with E-state index < -0.39 is 36.3 Å². The number of methoxy groups -OCH3 is 2. The molecule has 0 aliphatic carbocycles. The summed E-state index contributed by atoms with van der Waals surface area (Å²) in [6.45, 7) is 18.3. The van der Waals surface area contributed by atoms with E-state index in [-0.39, 0.29) is 90.1 Å². The maximum absolute atomic E-state index is 14.7. The molecule has 0 bridgehead atoms. The number of carbonyl (C=O) groups is 6. The number of aliphatic hydroxyl groups is 1. The molecule has 0 unspecified atom stereocenters. The number of hydrogen-bond acceptors (Lipinski definition) is 10. The molecule has 1 aromatic carbocycles. The van der Waals surface area contributed by atoms with Gasteiger partial charge in [-0.2, -0.15) is 0 Å². The number of Topliss-reactive ketones (excluding diaryl/α,β-unsaturated/α-hetero) is 1. The van der Waals surface area contributed by atoms with Crippen molar-refractivity contribution in [3.05, 3.63) is 60.4 Å². The van der Waals surface area contributed by atoms with E-state index in [1.54, 1.807) is 33.2 Å². The van der Waals surface area contributed by atoms with Gasteiger partial charge in [-0.05, 0) is 55.4 Å². The predicted octanol–water partition coefficient (Wildman–Crippen LogP) is 6.71. The largest absolute Gasteiger partial charge is 0.511 e. The summed E-state index contributed by atoms with van der Waals surface area (Å²) in [4.78, 5) is 87.1. The Hall–Kier alpha value is -4.47. The van der Waals surface area contributed by atoms with Crippen LogP contribution in [-0.2, 0) is 44.7 Å². The highest BCUT2D eigenvalue weighted by Crippen LogP contribution is 2.31. The van der Waals surface area contributed by atoms with Crippen LogP contribution >= 0.6 is 12.2 Å². The van der Waals surface area contributed by atoms with E-state index >= 15 is 0 Å². The number of likely N-dealkylation sites (tertiary alicyclic amines) is 1. The van der Waals surface area contributed by atoms with Gasteiger partial charge < -0.3 is 34.6 Å². The van der Waals surface area contributed by atoms with Crippen LogP contribution in [0.2, 0.25) is 0 Å². The third kappa shape index (κ3) is 15.0. The molecule has 1 aromatic rings. The van der Waals surface area contributed by atoms with E-state index in [0.29, 0.717) is 56.6 Å². The lowest BCUT2D eigenvalue weighted by Gasteiger charge is -2.41. The number of unbranched alkanes of at least 4 members (excludes halogenated alkanes) is 2. The van der Waals surface area contributed by atoms with Gasteiger partial charge in [-0.1, -0.05) is 110 Å². The number of amides is 5. The second kappa shape index (κ2) is 26.8. The number of benzene rings is 1. The van der Waals surface area contributed by atoms with Gasteiger partial charge in [0.2, 0.25) is 17.7 Å². The molecule has 5 amide bonds. The standard InChI is InChI=1S/C51H79N5O9S/c1-13-34(6)48(42(64-11)31-46(62)55-28-20-23-40(55)49(65-12)35(7)50(66)52-39(36(8)57)29-37-21-16-14-17-22-37)54(10)51(63)38(32(2)3)30-41(58)47(33(4)5)53(9)43(59)24-18-15-19-27-56-44(60)25-26-45(56)61/h14,16-17,21-22,25-26,32-35,38-40,42,47-49,57H,8,13,15,18-20,23-24,27-31H2,1-7,9-12H3,(H,52,66)/t34-,35+,38-,39-,40-,42+,47-,48-,49+/m0/s1. The highest BCUT2D eigenvalue weighted by atomic mass is 32.1. The molecular formula is C51H79N5O9S. The molecule has 3 rings (SSSR count). The molecule has 0 saturated carbocycles. The minimum atomic E-state index is -0.737. The Morgan fingerprint density at radius 2 is 1.55 bits per heavy atom. The summed E-state index contributed by atoms with van der Waals surface area (Å²) < 4.78 is 12.2. The molecule has 15 heteroatoms. The molecule has 1 saturated heterocycles. The number of thiocarbonyl (C=S) groups is 1. The monoisotopic (exact) mass is 938 g/mol. The van der Waals surface area contributed by atoms with Crippen molar-refractivity contribution in [1.29, 1.82) is 0 Å². The fourth-order valence-corrected chi connectivity index (χ4v) is 9.94. The highest BCUT2D eigenvalue weighted by molar-refractivity contribution is 7.80. The summed E-state index contributed by atoms with van der Waals surface area (Å²) in [5.74, 6) is -2.85. The molecule has 0 spiro atoms. The molecule has 0 aromatic heterocycles. The van der Waals surface area contributed by atoms with Crippen LogP contribution < -0.4 is 5.32 Å². The average molecular weight is 938 g/mol. The van der Waals surface area contributed by atoms with Gasteiger partial charge in [-0.25, -0.2) is 0 Å². The van der Waals surface area contributed by atoms with Crippen LogP contribution in [0.15, 0.2) is 54.8 Å². The van der Waals surface area contributed by atoms with Gasteiger partial charge in [0.15, 0.2) is 5.78 Å². The fourth-order valence-electron chi connectivity index (χ4n) is 9.66. The fraction of sp³-hybridized carbons (Fsp3) is 0.667. The van der Waals surface area contributed by atoms with Crippen LogP contribution in [0.25, 0.3) is 0 Å². The van der Waals surface area contributed by atoms with Gasteiger partial charge in [-0.15, -0.1) is 0 Å². The summed E-state index contributed by atoms with van der Waals surface area (Å²) in [6, 6.07) is 7.78. The second-order valence-corrected chi connectivity index (χ2v) is 19.5. The molecule has 368 valence electrons. The van der Waals surface area contributed by atoms with E-state index in [2.05, 4.69) is 11.9 Å². The Balaban J connectivity index is 1.71. The Morgan fingerprint density at radius 1 is 0.909 bits per heavy atom. The molecular weight excluding hydrogens is 859 g/mol. The number of carbonyl (C=O) groups excluding carboxylic acids is 6. The van der Waals surface area contributed by atoms with Crippen molar-refractivity contribution in [1.82, 2.24) is 24.9 Å². The van der Waals surface area contributed by atoms with Gasteiger partial charge in [0.1, 0.15) is 5.76 Å². The second-order valence-electron chi connectivity index (χ2n) is 19.0. The number of nitrogens with zero attached hydrogens (tertiary/aromatic N) is 4. The molecule has 1 fully saturated rings. The maximum Gasteiger partial charge on any atom is 0.253 e. The lowest BCUT2D eigenvalue weighted by atomic mass is 9.83. The molecule has 2 aliphatic rings. The van der Waals surface area contributed by atoms with E-state index in [1.165, 1.54) is 22.0 Å². The molecule has 2 aliphatic heterocycles. The summed E-state index contributed by atoms with van der Waals surface area (Å²) in [5, 5.41) is 13.8. The lowest BCUT2D eigenvalue weighted by molar-refractivity contribution is -0.149. The van der Waals surface area contributed by atoms with Gasteiger partial charge >= 0.3 is 0 Å². The summed E-state index contributed by atoms with van der Waals surface area (Å²) in [7, 11) is 6.56. The number of imide groups is 1. The van der Waals surface area contributed by atoms with Gasteiger partial charge in [0.05, 0.1) is 47.8 Å². The minimum absolute atomic E-state index is 0.0238. The first-order chi connectivity index (χ1) is 31.2. The van der Waals surface area contributed by atoms with Crippen LogP contribution in [0.5, 0.6) is 0 Å². The number of likely N-dealkylation sites (N-methyl/N-ethyl adjacent to an activating group) is 2. The number of nitrogens with one attached hydrogen (secondary N) is 1. The third-order valence-electron chi connectivity index (χ3n) is 13.7. The zero-order valence-corrected chi connectivity index (χ0v) is 42.3. The Morgan fingerprint density at radius 3 is 2.09 bits per heavy atom. The van der Waals surface area contributed by atoms with Crippen molar-refractivity contribution in [3.63, 3.8) is 0 Å². The first kappa shape index (κ1) is 55.9. The van der Waals surface area contributed by atoms with Crippen LogP contribution in [0.3, 0.4) is 0 Å². The van der Waals surface area contributed by atoms with Crippen LogP contribution in [-0.4, -0.2) is 143 Å². The number of ketones is 1. The quantitative estimate of drug-likeness (QED) is 0.0397. The van der Waals surface area contributed by atoms with E-state index in [4.69, 9.17) is 21.7 Å². The molecule has 2 heterocycles. The topological polar surface area (TPSA) is 166 Å². The van der Waals surface area contributed by atoms with Crippen molar-refractivity contribution >= 4 is 52.5 Å². The van der Waals surface area contributed by atoms with Gasteiger partial charge in [-0.3, -0.25) is 33.7 Å². The number of hydrogen-bond donors (Lipinski definition) is 2. The van der Waals surface area contributed by atoms with Gasteiger partial charge in [0, 0.05) is 78.2 Å². The zero-order chi connectivity index (χ0) is 49.4. The van der Waals surface area contributed by atoms with Crippen LogP contribution in [0, 0.1) is 29.6 Å². The third-order valence-corrected chi connectivity index (χ3v) is 14.2. The Kier molecular flexibility index (Phi) is 22.6. The highest BCUT2D eigenvalue weighted by Gasteiger charge is 2.43. The van der Waals surface area contributed by atoms with E-state index in [9.17, 15) is 33.9 Å². The number of aliphatic hydroxyl groups excluding tert-OH is 1. The zero-order valence-electron chi connectivity index (χ0n) is 41.5. The molecule has 2 N–H and O–H groups in total. The van der Waals surface area contributed by atoms with Crippen molar-refractivity contribution in [2.45, 2.75) is 149 Å². The number of rotatable bonds is 28. The SMILES string of the molecule is C=C(O)[C@H](Cc1ccccc1)NC(=S)[C@H](C)[C@@H](OC)[C@@H]1CCCN1C(=O)C[C@@H](OC)[C@H]([C@@H](C)CC)N(C)C(=O)[C@@H](CC(=O)[C@H](C(C)C)N(C)C(=O)CCCCCN1C(=O)C=CC1=O)C(C)C. The molecule has 14 nitrogen and oxygen atoms in total. The Labute approximate surface area is 399 Å². The molecule has 9 atom stereocenters. The van der Waals surface area contributed by atoms with Crippen molar-refractivity contribution in [2.75, 3.05) is 41.4 Å². The molecule has 66 heavy (non-hydrogen) atoms. The normalized spacial score (nSPS) is 18.7. The van der Waals surface area contributed by atoms with Crippen molar-refractivity contribution < 1.29 is 43.3 Å². The maximum atomic E-state index is 14.7. The van der Waals surface area contributed by atoms with Crippen molar-refractivity contribution in [3.8, 4) is 0 Å². The minimum Gasteiger partial charge on any atom is -0.511 e. The predicted molar refractivity (Wildman–Crippen MR) is 261 cm³/mol. The van der Waals surface area contributed by atoms with E-state index in [1.807, 2.05) is 83.7 Å². The summed E-state index contributed by atoms with van der Waals surface area (Å²) in [6.07, 6.45) is 6.05. The Bertz CT molecular complexity index is 1840. The van der Waals surface area contributed by atoms with Crippen molar-refractivity contribution in [2.24, 2.45) is 29.6 Å². The average Bonchev–Trinajstić information content (AvgIpc) is 3.89. The first-order valence-corrected chi connectivity index (χ1v) is 24.3. The lowest BCUT2D eigenvalue weighted by Crippen LogP contribution is -2.54. The summed E-state index contributed by atoms with van der Waals surface area (Å²) in [5.41, 5.74) is 1.02. The van der Waals surface area contributed by atoms with E-state index in [0.717, 1.165) is 12.0 Å². The number of ether oxygens (including phenoxy) is 2. The van der Waals surface area contributed by atoms with Gasteiger partial charge in [0.25, 0.3) is 11.8 Å². The smallest absolute Gasteiger partial charge is 0.253 e. The molecule has 0 radical (unpaired) electrons. The first-order valence-electron chi connectivity index (χ1n) is 23.9. The van der Waals surface area contributed by atoms with Crippen LogP contribution in [0.1, 0.15) is 112 Å². The summed E-state index contributed by atoms with van der Waals surface area (Å²) >= 11 is 5.89. The van der Waals surface area contributed by atoms with Crippen LogP contribution in [0.4, 0.5) is 0 Å².